The van der Waals surface area contributed by atoms with Crippen LogP contribution in [0, 0.1) is 0 Å². The smallest absolute Gasteiger partial charge is 0.255 e. The molecular weight excluding hydrogens is 432 g/mol. The van der Waals surface area contributed by atoms with Gasteiger partial charge in [0.15, 0.2) is 0 Å². The molecule has 1 aliphatic heterocycles. The molecule has 4 rings (SSSR count). The van der Waals surface area contributed by atoms with Gasteiger partial charge in [-0.05, 0) is 60.0 Å². The number of hydrogen-bond acceptors (Lipinski definition) is 5. The monoisotopic (exact) mass is 456 g/mol. The topological polar surface area (TPSA) is 50.8 Å². The molecule has 1 unspecified atom stereocenters. The van der Waals surface area contributed by atoms with E-state index < -0.39 is 0 Å². The summed E-state index contributed by atoms with van der Waals surface area (Å²) in [5.41, 5.74) is 1.28. The summed E-state index contributed by atoms with van der Waals surface area (Å²) < 4.78 is 11.8. The molecule has 5 nitrogen and oxygen atoms in total. The zero-order chi connectivity index (χ0) is 21.5. The summed E-state index contributed by atoms with van der Waals surface area (Å²) in [7, 11) is 0. The molecule has 1 N–H and O–H groups in total. The summed E-state index contributed by atoms with van der Waals surface area (Å²) in [6.07, 6.45) is 0.885. The largest absolute Gasteiger partial charge is 0.485 e. The quantitative estimate of drug-likeness (QED) is 0.486. The lowest BCUT2D eigenvalue weighted by molar-refractivity contribution is 0.0319. The molecule has 1 atom stereocenters. The van der Waals surface area contributed by atoms with Crippen LogP contribution in [0.15, 0.2) is 66.0 Å². The SMILES string of the molecule is O=C(Nc1ccc(Cl)cc1)c1ccc(OC(CCN2CCOCC2)c2cccs2)cc1. The minimum Gasteiger partial charge on any atom is -0.485 e. The van der Waals surface area contributed by atoms with E-state index in [1.54, 1.807) is 47.7 Å². The van der Waals surface area contributed by atoms with Crippen LogP contribution in [0.3, 0.4) is 0 Å². The summed E-state index contributed by atoms with van der Waals surface area (Å²) in [4.78, 5) is 16.1. The summed E-state index contributed by atoms with van der Waals surface area (Å²) in [5.74, 6) is 0.583. The van der Waals surface area contributed by atoms with E-state index in [9.17, 15) is 4.79 Å². The van der Waals surface area contributed by atoms with Gasteiger partial charge >= 0.3 is 0 Å². The van der Waals surface area contributed by atoms with Gasteiger partial charge in [-0.2, -0.15) is 0 Å². The number of halogens is 1. The second-order valence-electron chi connectivity index (χ2n) is 7.35. The van der Waals surface area contributed by atoms with Crippen molar-refractivity contribution in [3.8, 4) is 5.75 Å². The molecule has 1 aromatic heterocycles. The van der Waals surface area contributed by atoms with E-state index in [2.05, 4.69) is 27.7 Å². The third kappa shape index (κ3) is 6.31. The first-order valence-corrected chi connectivity index (χ1v) is 11.6. The summed E-state index contributed by atoms with van der Waals surface area (Å²) in [5, 5.41) is 5.58. The third-order valence-corrected chi connectivity index (χ3v) is 6.39. The van der Waals surface area contributed by atoms with Gasteiger partial charge in [0.05, 0.1) is 13.2 Å². The fraction of sp³-hybridized carbons (Fsp3) is 0.292. The number of morpholine rings is 1. The molecule has 2 aromatic carbocycles. The van der Waals surface area contributed by atoms with Crippen molar-refractivity contribution >= 4 is 34.5 Å². The normalized spacial score (nSPS) is 15.4. The Bertz CT molecular complexity index is 956. The highest BCUT2D eigenvalue weighted by molar-refractivity contribution is 7.10. The van der Waals surface area contributed by atoms with Crippen LogP contribution in [0.4, 0.5) is 5.69 Å². The van der Waals surface area contributed by atoms with Crippen LogP contribution in [-0.4, -0.2) is 43.7 Å². The number of nitrogens with one attached hydrogen (secondary N) is 1. The lowest BCUT2D eigenvalue weighted by Gasteiger charge is -2.28. The molecule has 1 amide bonds. The van der Waals surface area contributed by atoms with Gasteiger partial charge in [0.25, 0.3) is 5.91 Å². The van der Waals surface area contributed by atoms with Gasteiger partial charge in [-0.15, -0.1) is 11.3 Å². The Kier molecular flexibility index (Phi) is 7.59. The molecule has 162 valence electrons. The van der Waals surface area contributed by atoms with E-state index in [-0.39, 0.29) is 12.0 Å². The highest BCUT2D eigenvalue weighted by Crippen LogP contribution is 2.29. The number of thiophene rings is 1. The molecule has 0 radical (unpaired) electrons. The average molecular weight is 457 g/mol. The van der Waals surface area contributed by atoms with Crippen LogP contribution in [0.5, 0.6) is 5.75 Å². The Morgan fingerprint density at radius 1 is 1.10 bits per heavy atom. The van der Waals surface area contributed by atoms with Crippen LogP contribution in [0.25, 0.3) is 0 Å². The number of carbonyl (C=O) groups is 1. The maximum absolute atomic E-state index is 12.5. The fourth-order valence-electron chi connectivity index (χ4n) is 3.44. The average Bonchev–Trinajstić information content (AvgIpc) is 3.34. The Morgan fingerprint density at radius 2 is 1.84 bits per heavy atom. The summed E-state index contributed by atoms with van der Waals surface area (Å²) in [6.45, 7) is 4.49. The van der Waals surface area contributed by atoms with E-state index in [1.807, 2.05) is 12.1 Å². The lowest BCUT2D eigenvalue weighted by atomic mass is 10.1. The van der Waals surface area contributed by atoms with Crippen LogP contribution < -0.4 is 10.1 Å². The van der Waals surface area contributed by atoms with E-state index in [1.165, 1.54) is 4.88 Å². The maximum atomic E-state index is 12.5. The van der Waals surface area contributed by atoms with Gasteiger partial charge in [0, 0.05) is 47.2 Å². The van der Waals surface area contributed by atoms with Crippen molar-refractivity contribution < 1.29 is 14.3 Å². The fourth-order valence-corrected chi connectivity index (χ4v) is 4.36. The highest BCUT2D eigenvalue weighted by atomic mass is 35.5. The number of hydrogen-bond donors (Lipinski definition) is 1. The van der Waals surface area contributed by atoms with Crippen LogP contribution in [0.1, 0.15) is 27.8 Å². The summed E-state index contributed by atoms with van der Waals surface area (Å²) >= 11 is 7.60. The molecule has 2 heterocycles. The molecule has 31 heavy (non-hydrogen) atoms. The van der Waals surface area contributed by atoms with Gasteiger partial charge in [-0.3, -0.25) is 9.69 Å². The maximum Gasteiger partial charge on any atom is 0.255 e. The Hall–Kier alpha value is -2.38. The minimum atomic E-state index is -0.170. The number of anilines is 1. The van der Waals surface area contributed by atoms with E-state index in [0.717, 1.165) is 45.0 Å². The number of rotatable bonds is 8. The molecular formula is C24H25ClN2O3S. The Balaban J connectivity index is 1.37. The first kappa shape index (κ1) is 21.8. The van der Waals surface area contributed by atoms with Crippen molar-refractivity contribution in [1.82, 2.24) is 4.90 Å². The number of benzene rings is 2. The first-order valence-electron chi connectivity index (χ1n) is 10.3. The number of carbonyl (C=O) groups excluding carboxylic acids is 1. The van der Waals surface area contributed by atoms with Crippen LogP contribution in [0.2, 0.25) is 5.02 Å². The first-order chi connectivity index (χ1) is 15.2. The molecule has 0 spiro atoms. The predicted octanol–water partition coefficient (Wildman–Crippen LogP) is 5.50. The number of nitrogens with zero attached hydrogens (tertiary/aromatic N) is 1. The molecule has 0 aliphatic carbocycles. The molecule has 0 saturated carbocycles. The third-order valence-electron chi connectivity index (χ3n) is 5.17. The molecule has 1 saturated heterocycles. The van der Waals surface area contributed by atoms with Crippen molar-refractivity contribution in [3.63, 3.8) is 0 Å². The molecule has 1 fully saturated rings. The second-order valence-corrected chi connectivity index (χ2v) is 8.77. The van der Waals surface area contributed by atoms with Crippen LogP contribution in [-0.2, 0) is 4.74 Å². The molecule has 3 aromatic rings. The van der Waals surface area contributed by atoms with Gasteiger partial charge in [-0.1, -0.05) is 17.7 Å². The zero-order valence-electron chi connectivity index (χ0n) is 17.1. The summed E-state index contributed by atoms with van der Waals surface area (Å²) in [6, 6.07) is 18.5. The Labute approximate surface area is 191 Å². The van der Waals surface area contributed by atoms with Crippen molar-refractivity contribution in [2.24, 2.45) is 0 Å². The molecule has 7 heteroatoms. The van der Waals surface area contributed by atoms with Gasteiger partial charge in [0.1, 0.15) is 11.9 Å². The standard InChI is InChI=1S/C24H25ClN2O3S/c25-19-5-7-20(8-6-19)26-24(28)18-3-9-21(10-4-18)30-22(23-2-1-17-31-23)11-12-27-13-15-29-16-14-27/h1-10,17,22H,11-16H2,(H,26,28). The van der Waals surface area contributed by atoms with Gasteiger partial charge in [-0.25, -0.2) is 0 Å². The van der Waals surface area contributed by atoms with Crippen molar-refractivity contribution in [3.05, 3.63) is 81.5 Å². The van der Waals surface area contributed by atoms with Gasteiger partial charge in [0.2, 0.25) is 0 Å². The van der Waals surface area contributed by atoms with Crippen LogP contribution >= 0.6 is 22.9 Å². The second kappa shape index (κ2) is 10.8. The molecule has 1 aliphatic rings. The van der Waals surface area contributed by atoms with Gasteiger partial charge < -0.3 is 14.8 Å². The Morgan fingerprint density at radius 3 is 2.52 bits per heavy atom. The lowest BCUT2D eigenvalue weighted by Crippen LogP contribution is -2.37. The molecule has 0 bridgehead atoms. The van der Waals surface area contributed by atoms with E-state index >= 15 is 0 Å². The van der Waals surface area contributed by atoms with Crippen molar-refractivity contribution in [2.75, 3.05) is 38.2 Å². The van der Waals surface area contributed by atoms with Crippen molar-refractivity contribution in [1.29, 1.82) is 0 Å². The van der Waals surface area contributed by atoms with E-state index in [4.69, 9.17) is 21.1 Å². The predicted molar refractivity (Wildman–Crippen MR) is 125 cm³/mol. The number of amides is 1. The number of ether oxygens (including phenoxy) is 2. The van der Waals surface area contributed by atoms with E-state index in [0.29, 0.717) is 16.3 Å². The minimum absolute atomic E-state index is 0.0170. The zero-order valence-corrected chi connectivity index (χ0v) is 18.7. The van der Waals surface area contributed by atoms with Crippen molar-refractivity contribution in [2.45, 2.75) is 12.5 Å². The highest BCUT2D eigenvalue weighted by Gasteiger charge is 2.18.